The highest BCUT2D eigenvalue weighted by Gasteiger charge is 1.98. The first-order chi connectivity index (χ1) is 6.18. The molecule has 0 bridgehead atoms. The third kappa shape index (κ3) is 3.79. The van der Waals surface area contributed by atoms with Crippen molar-refractivity contribution in [1.29, 1.82) is 0 Å². The van der Waals surface area contributed by atoms with Crippen LogP contribution in [0.1, 0.15) is 20.3 Å². The van der Waals surface area contributed by atoms with Gasteiger partial charge in [0.1, 0.15) is 0 Å². The third-order valence-electron chi connectivity index (χ3n) is 1.75. The quantitative estimate of drug-likeness (QED) is 0.736. The smallest absolute Gasteiger partial charge is 0.0381 e. The highest BCUT2D eigenvalue weighted by molar-refractivity contribution is 5.47. The molecule has 1 aromatic carbocycles. The van der Waals surface area contributed by atoms with Crippen molar-refractivity contribution in [3.05, 3.63) is 42.6 Å². The Morgan fingerprint density at radius 2 is 1.92 bits per heavy atom. The van der Waals surface area contributed by atoms with Crippen molar-refractivity contribution in [3.63, 3.8) is 0 Å². The first-order valence-electron chi connectivity index (χ1n) is 4.68. The minimum absolute atomic E-state index is 0.656. The topological polar surface area (TPSA) is 12.0 Å². The Bertz CT molecular complexity index is 262. The van der Waals surface area contributed by atoms with Crippen molar-refractivity contribution in [2.45, 2.75) is 20.3 Å². The van der Waals surface area contributed by atoms with Crippen LogP contribution in [0.2, 0.25) is 0 Å². The second-order valence-electron chi connectivity index (χ2n) is 3.69. The number of hydrogen-bond donors (Lipinski definition) is 1. The molecule has 70 valence electrons. The van der Waals surface area contributed by atoms with Crippen LogP contribution < -0.4 is 5.32 Å². The molecule has 0 aromatic heterocycles. The molecule has 0 aliphatic heterocycles. The van der Waals surface area contributed by atoms with Gasteiger partial charge in [-0.1, -0.05) is 38.6 Å². The Labute approximate surface area is 80.5 Å². The summed E-state index contributed by atoms with van der Waals surface area (Å²) in [7, 11) is 0. The molecule has 1 nitrogen and oxygen atoms in total. The van der Waals surface area contributed by atoms with Gasteiger partial charge in [0.15, 0.2) is 0 Å². The Balaban J connectivity index is 2.46. The maximum Gasteiger partial charge on any atom is 0.0381 e. The van der Waals surface area contributed by atoms with Crippen molar-refractivity contribution >= 4 is 5.69 Å². The summed E-state index contributed by atoms with van der Waals surface area (Å²) in [6.07, 6.45) is 1.02. The van der Waals surface area contributed by atoms with E-state index in [-0.39, 0.29) is 0 Å². The second-order valence-corrected chi connectivity index (χ2v) is 3.69. The molecule has 1 rings (SSSR count). The van der Waals surface area contributed by atoms with Crippen molar-refractivity contribution in [3.8, 4) is 0 Å². The molecule has 0 saturated heterocycles. The van der Waals surface area contributed by atoms with Crippen LogP contribution in [0.15, 0.2) is 42.6 Å². The molecule has 0 fully saturated rings. The van der Waals surface area contributed by atoms with Crippen molar-refractivity contribution in [1.82, 2.24) is 0 Å². The van der Waals surface area contributed by atoms with Gasteiger partial charge in [-0.2, -0.15) is 0 Å². The van der Waals surface area contributed by atoms with Crippen LogP contribution in [0, 0.1) is 5.92 Å². The zero-order chi connectivity index (χ0) is 9.68. The highest BCUT2D eigenvalue weighted by atomic mass is 14.9. The van der Waals surface area contributed by atoms with Gasteiger partial charge in [0.2, 0.25) is 0 Å². The zero-order valence-corrected chi connectivity index (χ0v) is 8.38. The van der Waals surface area contributed by atoms with Gasteiger partial charge in [0, 0.05) is 11.4 Å². The number of benzene rings is 1. The summed E-state index contributed by atoms with van der Waals surface area (Å²) in [5.41, 5.74) is 2.20. The fraction of sp³-hybridized carbons (Fsp3) is 0.333. The van der Waals surface area contributed by atoms with Crippen LogP contribution in [0.4, 0.5) is 5.69 Å². The molecule has 0 heterocycles. The Morgan fingerprint density at radius 3 is 2.46 bits per heavy atom. The summed E-state index contributed by atoms with van der Waals surface area (Å²) >= 11 is 0. The molecular formula is C12H17N. The van der Waals surface area contributed by atoms with Gasteiger partial charge >= 0.3 is 0 Å². The summed E-state index contributed by atoms with van der Waals surface area (Å²) in [4.78, 5) is 0. The Morgan fingerprint density at radius 1 is 1.31 bits per heavy atom. The van der Waals surface area contributed by atoms with Gasteiger partial charge in [0.25, 0.3) is 0 Å². The van der Waals surface area contributed by atoms with E-state index in [9.17, 15) is 0 Å². The molecule has 0 aliphatic rings. The lowest BCUT2D eigenvalue weighted by Gasteiger charge is -2.11. The van der Waals surface area contributed by atoms with Gasteiger partial charge in [-0.25, -0.2) is 0 Å². The van der Waals surface area contributed by atoms with Crippen LogP contribution in [0.5, 0.6) is 0 Å². The molecule has 0 unspecified atom stereocenters. The third-order valence-corrected chi connectivity index (χ3v) is 1.75. The minimum Gasteiger partial charge on any atom is -0.359 e. The average molecular weight is 175 g/mol. The molecule has 1 N–H and O–H groups in total. The summed E-state index contributed by atoms with van der Waals surface area (Å²) in [5, 5.41) is 3.28. The van der Waals surface area contributed by atoms with Crippen molar-refractivity contribution in [2.75, 3.05) is 5.32 Å². The van der Waals surface area contributed by atoms with E-state index in [1.807, 2.05) is 30.3 Å². The predicted octanol–water partition coefficient (Wildman–Crippen LogP) is 3.66. The van der Waals surface area contributed by atoms with Crippen LogP contribution in [-0.2, 0) is 0 Å². The number of anilines is 1. The fourth-order valence-corrected chi connectivity index (χ4v) is 1.27. The van der Waals surface area contributed by atoms with E-state index >= 15 is 0 Å². The Kier molecular flexibility index (Phi) is 3.56. The van der Waals surface area contributed by atoms with E-state index in [4.69, 9.17) is 0 Å². The average Bonchev–Trinajstić information content (AvgIpc) is 2.04. The standard InChI is InChI=1S/C12H17N/c1-10(2)9-11(3)13-12-7-5-4-6-8-12/h4-8,10,13H,3,9H2,1-2H3. The first-order valence-corrected chi connectivity index (χ1v) is 4.68. The fourth-order valence-electron chi connectivity index (χ4n) is 1.27. The van der Waals surface area contributed by atoms with Gasteiger partial charge < -0.3 is 5.32 Å². The molecule has 0 atom stereocenters. The summed E-state index contributed by atoms with van der Waals surface area (Å²) in [5.74, 6) is 0.656. The number of rotatable bonds is 4. The molecule has 0 amide bonds. The lowest BCUT2D eigenvalue weighted by molar-refractivity contribution is 0.645. The molecular weight excluding hydrogens is 158 g/mol. The first kappa shape index (κ1) is 9.85. The lowest BCUT2D eigenvalue weighted by Crippen LogP contribution is -2.01. The van der Waals surface area contributed by atoms with Crippen molar-refractivity contribution < 1.29 is 0 Å². The maximum atomic E-state index is 3.98. The van der Waals surface area contributed by atoms with E-state index in [1.54, 1.807) is 0 Å². The van der Waals surface area contributed by atoms with Gasteiger partial charge in [-0.15, -0.1) is 0 Å². The Hall–Kier alpha value is -1.24. The molecule has 0 spiro atoms. The highest BCUT2D eigenvalue weighted by Crippen LogP contribution is 2.13. The monoisotopic (exact) mass is 175 g/mol. The van der Waals surface area contributed by atoms with Gasteiger partial charge in [0.05, 0.1) is 0 Å². The predicted molar refractivity (Wildman–Crippen MR) is 58.7 cm³/mol. The summed E-state index contributed by atoms with van der Waals surface area (Å²) in [6, 6.07) is 10.1. The number of para-hydroxylation sites is 1. The molecule has 0 radical (unpaired) electrons. The van der Waals surface area contributed by atoms with E-state index in [0.29, 0.717) is 5.92 Å². The number of hydrogen-bond acceptors (Lipinski definition) is 1. The van der Waals surface area contributed by atoms with E-state index < -0.39 is 0 Å². The van der Waals surface area contributed by atoms with E-state index in [2.05, 4.69) is 25.7 Å². The SMILES string of the molecule is C=C(CC(C)C)Nc1ccccc1. The summed E-state index contributed by atoms with van der Waals surface area (Å²) < 4.78 is 0. The molecule has 1 heteroatoms. The van der Waals surface area contributed by atoms with Crippen LogP contribution in [0.25, 0.3) is 0 Å². The molecule has 0 saturated carbocycles. The second kappa shape index (κ2) is 4.70. The number of nitrogens with one attached hydrogen (secondary N) is 1. The summed E-state index contributed by atoms with van der Waals surface area (Å²) in [6.45, 7) is 8.36. The molecule has 13 heavy (non-hydrogen) atoms. The van der Waals surface area contributed by atoms with Crippen molar-refractivity contribution in [2.24, 2.45) is 5.92 Å². The van der Waals surface area contributed by atoms with Gasteiger partial charge in [-0.3, -0.25) is 0 Å². The van der Waals surface area contributed by atoms with E-state index in [1.165, 1.54) is 0 Å². The largest absolute Gasteiger partial charge is 0.359 e. The zero-order valence-electron chi connectivity index (χ0n) is 8.38. The molecule has 1 aromatic rings. The number of allylic oxidation sites excluding steroid dienone is 1. The van der Waals surface area contributed by atoms with E-state index in [0.717, 1.165) is 17.8 Å². The van der Waals surface area contributed by atoms with Gasteiger partial charge in [-0.05, 0) is 24.5 Å². The minimum atomic E-state index is 0.656. The lowest BCUT2D eigenvalue weighted by atomic mass is 10.1. The van der Waals surface area contributed by atoms with Crippen LogP contribution in [0.3, 0.4) is 0 Å². The normalized spacial score (nSPS) is 10.1. The van der Waals surface area contributed by atoms with Crippen LogP contribution in [-0.4, -0.2) is 0 Å². The van der Waals surface area contributed by atoms with Crippen LogP contribution >= 0.6 is 0 Å². The molecule has 0 aliphatic carbocycles. The maximum absolute atomic E-state index is 3.98.